The van der Waals surface area contributed by atoms with Gasteiger partial charge >= 0.3 is 5.97 Å². The van der Waals surface area contributed by atoms with Crippen molar-refractivity contribution in [3.05, 3.63) is 63.8 Å². The lowest BCUT2D eigenvalue weighted by molar-refractivity contribution is -0.131. The molecule has 0 bridgehead atoms. The summed E-state index contributed by atoms with van der Waals surface area (Å²) in [6.45, 7) is 4.02. The van der Waals surface area contributed by atoms with Crippen molar-refractivity contribution in [2.24, 2.45) is 4.99 Å². The minimum absolute atomic E-state index is 0.0478. The Morgan fingerprint density at radius 1 is 1.22 bits per heavy atom. The predicted octanol–water partition coefficient (Wildman–Crippen LogP) is 3.78. The first-order valence-corrected chi connectivity index (χ1v) is 15.1. The van der Waals surface area contributed by atoms with Crippen LogP contribution >= 0.6 is 23.4 Å². The minimum atomic E-state index is -0.895. The number of nitrogens with zero attached hydrogens (tertiary/aromatic N) is 4. The Bertz CT molecular complexity index is 1490. The standard InChI is InChI=1S/C29H28ClFN4O5S/c30-15-4-5-16(17(31)10-15)23-14-39-22-3-1-2-18(27(22)40-23)33-7-8-34-13-25-32-28-19(11-24(41-28)29(36)37)35(25)26(20(34)12-33)21-6-9-38-21/h1-5,10-11,19-21,23,26,28H,6-9,12-14H2,(H,36,37)/t19?,20?,21?,23-,26?,28?/m0/s1. The van der Waals surface area contributed by atoms with E-state index in [1.165, 1.54) is 17.8 Å². The average Bonchev–Trinajstić information content (AvgIpc) is 3.49. The third kappa shape index (κ3) is 4.19. The van der Waals surface area contributed by atoms with E-state index in [1.54, 1.807) is 12.1 Å². The van der Waals surface area contributed by atoms with Gasteiger partial charge in [0.15, 0.2) is 17.6 Å². The van der Waals surface area contributed by atoms with Gasteiger partial charge in [0.2, 0.25) is 0 Å². The number of para-hydroxylation sites is 1. The number of fused-ring (bicyclic) bond motifs is 5. The van der Waals surface area contributed by atoms with E-state index in [1.807, 2.05) is 24.3 Å². The van der Waals surface area contributed by atoms with Crippen LogP contribution in [-0.4, -0.2) is 95.7 Å². The van der Waals surface area contributed by atoms with Crippen LogP contribution in [0.3, 0.4) is 0 Å². The Labute approximate surface area is 245 Å². The number of ether oxygens (including phenoxy) is 3. The monoisotopic (exact) mass is 598 g/mol. The average molecular weight is 599 g/mol. The van der Waals surface area contributed by atoms with E-state index in [0.717, 1.165) is 50.7 Å². The Morgan fingerprint density at radius 2 is 2.10 bits per heavy atom. The molecule has 3 fully saturated rings. The summed E-state index contributed by atoms with van der Waals surface area (Å²) < 4.78 is 33.4. The van der Waals surface area contributed by atoms with Gasteiger partial charge in [-0.05, 0) is 36.8 Å². The third-order valence-corrected chi connectivity index (χ3v) is 10.4. The molecule has 6 atom stereocenters. The minimum Gasteiger partial charge on any atom is -0.485 e. The SMILES string of the molecule is O=C(O)C1=CC2C(N=C3CN4CCN(c5cccc6c5O[C@H](c5ccc(Cl)cc5F)CO6)CC4C(C4CCO4)N32)S1. The molecule has 8 rings (SSSR count). The van der Waals surface area contributed by atoms with Crippen LogP contribution < -0.4 is 14.4 Å². The smallest absolute Gasteiger partial charge is 0.341 e. The summed E-state index contributed by atoms with van der Waals surface area (Å²) in [7, 11) is 0. The number of carbonyl (C=O) groups is 1. The number of carboxylic acid groups (broad SMARTS) is 1. The summed E-state index contributed by atoms with van der Waals surface area (Å²) in [5.74, 6) is 0.971. The summed E-state index contributed by atoms with van der Waals surface area (Å²) in [5.41, 5.74) is 1.32. The molecule has 3 saturated heterocycles. The van der Waals surface area contributed by atoms with Crippen LogP contribution in [0.2, 0.25) is 5.02 Å². The molecule has 0 amide bonds. The van der Waals surface area contributed by atoms with Crippen molar-refractivity contribution < 1.29 is 28.5 Å². The zero-order chi connectivity index (χ0) is 27.8. The highest BCUT2D eigenvalue weighted by Crippen LogP contribution is 2.47. The second kappa shape index (κ2) is 9.79. The maximum Gasteiger partial charge on any atom is 0.341 e. The Balaban J connectivity index is 1.09. The summed E-state index contributed by atoms with van der Waals surface area (Å²) in [5, 5.41) is 9.82. The van der Waals surface area contributed by atoms with Gasteiger partial charge in [0, 0.05) is 36.8 Å². The molecule has 0 spiro atoms. The Morgan fingerprint density at radius 3 is 2.88 bits per heavy atom. The lowest BCUT2D eigenvalue weighted by Crippen LogP contribution is -2.72. The van der Waals surface area contributed by atoms with E-state index in [9.17, 15) is 14.3 Å². The Kier molecular flexibility index (Phi) is 6.14. The number of amidine groups is 1. The fourth-order valence-electron chi connectivity index (χ4n) is 6.94. The molecular formula is C29H28ClFN4O5S. The van der Waals surface area contributed by atoms with Gasteiger partial charge in [-0.15, -0.1) is 0 Å². The van der Waals surface area contributed by atoms with Gasteiger partial charge in [0.05, 0.1) is 41.4 Å². The number of hydrogen-bond donors (Lipinski definition) is 1. The second-order valence-corrected chi connectivity index (χ2v) is 12.7. The molecule has 0 radical (unpaired) electrons. The topological polar surface area (TPSA) is 87.1 Å². The van der Waals surface area contributed by atoms with Crippen LogP contribution in [0, 0.1) is 5.82 Å². The number of benzene rings is 2. The van der Waals surface area contributed by atoms with Gasteiger partial charge in [-0.2, -0.15) is 0 Å². The van der Waals surface area contributed by atoms with Gasteiger partial charge in [0.25, 0.3) is 0 Å². The fourth-order valence-corrected chi connectivity index (χ4v) is 8.21. The number of piperazine rings is 2. The van der Waals surface area contributed by atoms with E-state index in [4.69, 9.17) is 30.8 Å². The summed E-state index contributed by atoms with van der Waals surface area (Å²) >= 11 is 7.32. The first-order chi connectivity index (χ1) is 19.9. The zero-order valence-electron chi connectivity index (χ0n) is 22.0. The summed E-state index contributed by atoms with van der Waals surface area (Å²) in [6.07, 6.45) is 2.29. The predicted molar refractivity (Wildman–Crippen MR) is 153 cm³/mol. The van der Waals surface area contributed by atoms with Crippen LogP contribution in [0.4, 0.5) is 10.1 Å². The number of anilines is 1. The molecule has 1 N–H and O–H groups in total. The van der Waals surface area contributed by atoms with Gasteiger partial charge in [-0.1, -0.05) is 35.5 Å². The molecule has 0 saturated carbocycles. The zero-order valence-corrected chi connectivity index (χ0v) is 23.6. The lowest BCUT2D eigenvalue weighted by Gasteiger charge is -2.56. The van der Waals surface area contributed by atoms with Gasteiger partial charge in [-0.25, -0.2) is 9.18 Å². The highest BCUT2D eigenvalue weighted by Gasteiger charge is 2.54. The van der Waals surface area contributed by atoms with E-state index in [0.29, 0.717) is 27.0 Å². The summed E-state index contributed by atoms with van der Waals surface area (Å²) in [6, 6.07) is 10.6. The molecule has 0 aliphatic carbocycles. The number of carboxylic acids is 1. The molecule has 2 aromatic rings. The molecule has 5 unspecified atom stereocenters. The molecule has 214 valence electrons. The number of thioether (sulfide) groups is 1. The molecule has 0 aromatic heterocycles. The normalized spacial score (nSPS) is 32.0. The van der Waals surface area contributed by atoms with Crippen molar-refractivity contribution in [2.75, 3.05) is 44.3 Å². The number of hydrogen-bond acceptors (Lipinski definition) is 9. The number of aliphatic carboxylic acids is 1. The van der Waals surface area contributed by atoms with Crippen LogP contribution in [0.25, 0.3) is 0 Å². The maximum atomic E-state index is 14.8. The van der Waals surface area contributed by atoms with Gasteiger partial charge in [0.1, 0.15) is 23.6 Å². The molecule has 9 nitrogen and oxygen atoms in total. The highest BCUT2D eigenvalue weighted by molar-refractivity contribution is 8.04. The maximum absolute atomic E-state index is 14.8. The van der Waals surface area contributed by atoms with Crippen LogP contribution in [0.15, 0.2) is 52.4 Å². The van der Waals surface area contributed by atoms with E-state index in [2.05, 4.69) is 14.7 Å². The molecule has 6 heterocycles. The molecule has 2 aromatic carbocycles. The first-order valence-electron chi connectivity index (χ1n) is 13.9. The summed E-state index contributed by atoms with van der Waals surface area (Å²) in [4.78, 5) is 24.2. The lowest BCUT2D eigenvalue weighted by atomic mass is 9.88. The molecule has 12 heteroatoms. The van der Waals surface area contributed by atoms with Crippen molar-refractivity contribution in [1.29, 1.82) is 0 Å². The van der Waals surface area contributed by atoms with Crippen molar-refractivity contribution >= 4 is 40.9 Å². The molecule has 6 aliphatic rings. The second-order valence-electron chi connectivity index (χ2n) is 11.1. The molecule has 6 aliphatic heterocycles. The highest BCUT2D eigenvalue weighted by atomic mass is 35.5. The fraction of sp³-hybridized carbons (Fsp3) is 0.448. The van der Waals surface area contributed by atoms with Crippen LogP contribution in [0.1, 0.15) is 18.1 Å². The number of aliphatic imine (C=N–C) groups is 1. The first kappa shape index (κ1) is 25.7. The van der Waals surface area contributed by atoms with Crippen molar-refractivity contribution in [1.82, 2.24) is 9.80 Å². The third-order valence-electron chi connectivity index (χ3n) is 8.94. The van der Waals surface area contributed by atoms with Crippen molar-refractivity contribution in [2.45, 2.75) is 42.1 Å². The van der Waals surface area contributed by atoms with Crippen LogP contribution in [-0.2, 0) is 9.53 Å². The van der Waals surface area contributed by atoms with Crippen molar-refractivity contribution in [3.8, 4) is 11.5 Å². The van der Waals surface area contributed by atoms with Gasteiger partial charge in [-0.3, -0.25) is 9.89 Å². The number of rotatable bonds is 4. The van der Waals surface area contributed by atoms with Gasteiger partial charge < -0.3 is 29.1 Å². The van der Waals surface area contributed by atoms with E-state index >= 15 is 0 Å². The largest absolute Gasteiger partial charge is 0.485 e. The molecular weight excluding hydrogens is 571 g/mol. The van der Waals surface area contributed by atoms with E-state index in [-0.39, 0.29) is 36.2 Å². The Hall–Kier alpha value is -2.99. The van der Waals surface area contributed by atoms with Crippen molar-refractivity contribution in [3.63, 3.8) is 0 Å². The van der Waals surface area contributed by atoms with E-state index < -0.39 is 17.9 Å². The quantitative estimate of drug-likeness (QED) is 0.565. The number of halogens is 2. The molecule has 41 heavy (non-hydrogen) atoms. The van der Waals surface area contributed by atoms with Crippen LogP contribution in [0.5, 0.6) is 11.5 Å².